The highest BCUT2D eigenvalue weighted by Crippen LogP contribution is 2.44. The highest BCUT2D eigenvalue weighted by molar-refractivity contribution is 7.04. The van der Waals surface area contributed by atoms with E-state index in [1.807, 2.05) is 54.6 Å². The van der Waals surface area contributed by atoms with E-state index in [4.69, 9.17) is 11.3 Å². The second kappa shape index (κ2) is 12.9. The smallest absolute Gasteiger partial charge is 0.256 e. The van der Waals surface area contributed by atoms with E-state index in [2.05, 4.69) is 148 Å². The molecule has 0 spiro atoms. The quantitative estimate of drug-likeness (QED) is 0.166. The van der Waals surface area contributed by atoms with Crippen molar-refractivity contribution in [2.45, 2.75) is 0 Å². The zero-order valence-corrected chi connectivity index (χ0v) is 36.0. The number of fused-ring (bicyclic) bond motifs is 12. The lowest BCUT2D eigenvalue weighted by atomic mass is 9.29. The Balaban J connectivity index is 1.03. The van der Waals surface area contributed by atoms with Crippen molar-refractivity contribution in [2.75, 3.05) is 46.1 Å². The Morgan fingerprint density at radius 2 is 1.06 bits per heavy atom. The van der Waals surface area contributed by atoms with Crippen molar-refractivity contribution in [3.63, 3.8) is 0 Å². The molecule has 0 aliphatic carbocycles. The molecule has 14 rings (SSSR count). The zero-order valence-electron chi connectivity index (χ0n) is 36.0. The largest absolute Gasteiger partial charge is 0.460 e. The molecule has 0 bridgehead atoms. The van der Waals surface area contributed by atoms with Gasteiger partial charge < -0.3 is 29.7 Å². The highest BCUT2D eigenvalue weighted by atomic mass is 16.5. The lowest BCUT2D eigenvalue weighted by Gasteiger charge is -2.45. The van der Waals surface area contributed by atoms with Crippen molar-refractivity contribution in [3.8, 4) is 23.6 Å². The molecule has 12 heteroatoms. The average Bonchev–Trinajstić information content (AvgIpc) is 3.36. The van der Waals surface area contributed by atoms with Crippen molar-refractivity contribution in [2.24, 2.45) is 0 Å². The van der Waals surface area contributed by atoms with Crippen LogP contribution in [-0.2, 0) is 0 Å². The zero-order chi connectivity index (χ0) is 44.3. The fourth-order valence-electron chi connectivity index (χ4n) is 12.1. The third-order valence-corrected chi connectivity index (χ3v) is 14.9. The third kappa shape index (κ3) is 4.63. The molecule has 6 aliphatic rings. The minimum Gasteiger partial charge on any atom is -0.460 e. The van der Waals surface area contributed by atoms with Crippen LogP contribution in [0.5, 0.6) is 11.5 Å². The molecule has 0 saturated heterocycles. The molecule has 304 valence electrons. The van der Waals surface area contributed by atoms with Crippen LogP contribution in [0, 0.1) is 29.2 Å². The molecule has 8 aromatic carbocycles. The molecule has 0 amide bonds. The van der Waals surface area contributed by atoms with E-state index in [1.54, 1.807) is 0 Å². The van der Waals surface area contributed by atoms with Crippen LogP contribution in [0.2, 0.25) is 0 Å². The summed E-state index contributed by atoms with van der Waals surface area (Å²) in [7, 11) is 6.32. The first-order valence-corrected chi connectivity index (χ1v) is 22.1. The number of nitrogens with zero attached hydrogens (tertiary/aromatic N) is 7. The lowest BCUT2D eigenvalue weighted by Crippen LogP contribution is -2.66. The number of nitriles is 2. The van der Waals surface area contributed by atoms with Gasteiger partial charge in [0.15, 0.2) is 5.69 Å². The Bertz CT molecular complexity index is 3700. The van der Waals surface area contributed by atoms with Crippen molar-refractivity contribution >= 4 is 138 Å². The maximum absolute atomic E-state index is 10.5. The van der Waals surface area contributed by atoms with Crippen LogP contribution in [-0.4, -0.2) is 41.3 Å². The predicted octanol–water partition coefficient (Wildman–Crippen LogP) is 5.72. The molecule has 0 atom stereocenters. The lowest BCUT2D eigenvalue weighted by molar-refractivity contribution is 0.488. The van der Waals surface area contributed by atoms with E-state index in [1.165, 1.54) is 32.8 Å². The van der Waals surface area contributed by atoms with Crippen LogP contribution >= 0.6 is 0 Å². The Kier molecular flexibility index (Phi) is 7.18. The van der Waals surface area contributed by atoms with Crippen molar-refractivity contribution in [1.82, 2.24) is 0 Å². The molecule has 0 radical (unpaired) electrons. The summed E-state index contributed by atoms with van der Waals surface area (Å²) in [5.41, 5.74) is 23.3. The second-order valence-corrected chi connectivity index (χ2v) is 18.0. The van der Waals surface area contributed by atoms with Crippen LogP contribution in [0.4, 0.5) is 68.2 Å². The van der Waals surface area contributed by atoms with Gasteiger partial charge in [0.1, 0.15) is 11.5 Å². The van der Waals surface area contributed by atoms with Crippen LogP contribution in [0.15, 0.2) is 140 Å². The number of rotatable bonds is 1. The van der Waals surface area contributed by atoms with Gasteiger partial charge in [0.2, 0.25) is 0 Å². The van der Waals surface area contributed by atoms with Gasteiger partial charge in [-0.05, 0) is 122 Å². The molecule has 0 aromatic heterocycles. The molecule has 6 aliphatic heterocycles. The first-order chi connectivity index (χ1) is 32.3. The van der Waals surface area contributed by atoms with Crippen LogP contribution in [0.3, 0.4) is 0 Å². The van der Waals surface area contributed by atoms with Gasteiger partial charge in [-0.3, -0.25) is 0 Å². The molecule has 0 unspecified atom stereocenters. The van der Waals surface area contributed by atoms with Gasteiger partial charge in [0.25, 0.3) is 20.1 Å². The third-order valence-electron chi connectivity index (χ3n) is 14.9. The molecule has 8 aromatic rings. The summed E-state index contributed by atoms with van der Waals surface area (Å²) in [5, 5.41) is 24.8. The van der Waals surface area contributed by atoms with Crippen molar-refractivity contribution < 1.29 is 4.74 Å². The normalized spacial score (nSPS) is 14.3. The number of ether oxygens (including phenoxy) is 1. The number of benzene rings is 8. The minimum absolute atomic E-state index is 0.121. The molecule has 1 N–H and O–H groups in total. The van der Waals surface area contributed by atoms with E-state index < -0.39 is 0 Å². The fourth-order valence-corrected chi connectivity index (χ4v) is 12.1. The fraction of sp³-hybridized carbons (Fsp3) is 0.0556. The van der Waals surface area contributed by atoms with Gasteiger partial charge >= 0.3 is 0 Å². The average molecular weight is 842 g/mol. The van der Waals surface area contributed by atoms with Gasteiger partial charge in [-0.2, -0.15) is 10.5 Å². The highest BCUT2D eigenvalue weighted by Gasteiger charge is 2.48. The predicted molar refractivity (Wildman–Crippen MR) is 271 cm³/mol. The topological polar surface area (TPSA) is 86.2 Å². The standard InChI is InChI=1S/C54H33B3N8O/c1-60-32-22-48-54-51(23-32)66-50-17-11-9-15-35(50)56(54)38-25-39-45(27-44(38)64(48)4)63(3)47-20-31(29-59)19-46-53(47)57(39)37-24-36-40(26-43(37)62(46)2)61-41-18-30(28-58)21-49-52(41)55(36)34-14-8-10-16-42(34)65(49)33-12-6-5-7-13-33/h5-27,61H,2-4H3. The molecule has 0 fully saturated rings. The first-order valence-electron chi connectivity index (χ1n) is 22.1. The minimum atomic E-state index is -0.178. The van der Waals surface area contributed by atoms with Crippen molar-refractivity contribution in [3.05, 3.63) is 162 Å². The van der Waals surface area contributed by atoms with E-state index >= 15 is 0 Å². The van der Waals surface area contributed by atoms with Gasteiger partial charge in [0, 0.05) is 83.7 Å². The molecule has 0 saturated carbocycles. The van der Waals surface area contributed by atoms with Crippen molar-refractivity contribution in [1.29, 1.82) is 10.5 Å². The van der Waals surface area contributed by atoms with Gasteiger partial charge in [-0.1, -0.05) is 66.7 Å². The molecule has 66 heavy (non-hydrogen) atoms. The molecule has 6 heterocycles. The summed E-state index contributed by atoms with van der Waals surface area (Å²) < 4.78 is 6.60. The summed E-state index contributed by atoms with van der Waals surface area (Å²) in [6.07, 6.45) is 0. The first kappa shape index (κ1) is 36.7. The van der Waals surface area contributed by atoms with E-state index in [0.29, 0.717) is 16.8 Å². The Morgan fingerprint density at radius 1 is 0.485 bits per heavy atom. The second-order valence-electron chi connectivity index (χ2n) is 18.0. The monoisotopic (exact) mass is 842 g/mol. The number of hydrogen-bond donors (Lipinski definition) is 1. The van der Waals surface area contributed by atoms with Gasteiger partial charge in [-0.25, -0.2) is 4.85 Å². The number of nitrogens with one attached hydrogen (secondary N) is 1. The SMILES string of the molecule is [C-]#[N+]c1cc2c3c(c1)N(C)c1cc4c(cc1B3c1ccccc1O2)B1c2cc3c(cc2N(C)c2cc(C#N)cc(c21)N4C)Nc1cc(C#N)cc2c1B3c1ccccc1N2c1ccccc1. The van der Waals surface area contributed by atoms with Gasteiger partial charge in [0.05, 0.1) is 29.8 Å². The maximum Gasteiger partial charge on any atom is 0.256 e. The van der Waals surface area contributed by atoms with Crippen LogP contribution in [0.1, 0.15) is 11.1 Å². The summed E-state index contributed by atoms with van der Waals surface area (Å²) in [4.78, 5) is 12.9. The molecular weight excluding hydrogens is 809 g/mol. The number of para-hydroxylation sites is 3. The Hall–Kier alpha value is -8.78. The number of hydrogen-bond acceptors (Lipinski definition) is 8. The van der Waals surface area contributed by atoms with Crippen LogP contribution in [0.25, 0.3) is 4.85 Å². The summed E-state index contributed by atoms with van der Waals surface area (Å²) in [5.74, 6) is 1.52. The summed E-state index contributed by atoms with van der Waals surface area (Å²) >= 11 is 0. The molecular formula is C54H33B3N8O. The van der Waals surface area contributed by atoms with E-state index in [9.17, 15) is 10.5 Å². The van der Waals surface area contributed by atoms with E-state index in [0.717, 1.165) is 90.4 Å². The van der Waals surface area contributed by atoms with Crippen LogP contribution < -0.4 is 78.8 Å². The number of anilines is 11. The molecule has 9 nitrogen and oxygen atoms in total. The van der Waals surface area contributed by atoms with Gasteiger partial charge in [-0.15, -0.1) is 0 Å². The maximum atomic E-state index is 10.5. The summed E-state index contributed by atoms with van der Waals surface area (Å²) in [6.45, 7) is 7.56. The van der Waals surface area contributed by atoms with E-state index in [-0.39, 0.29) is 20.1 Å². The summed E-state index contributed by atoms with van der Waals surface area (Å²) in [6, 6.07) is 53.8. The Labute approximate surface area is 383 Å². The Morgan fingerprint density at radius 3 is 1.77 bits per heavy atom.